The second kappa shape index (κ2) is 5.45. The van der Waals surface area contributed by atoms with Gasteiger partial charge in [-0.3, -0.25) is 4.31 Å². The molecule has 2 aromatic rings. The summed E-state index contributed by atoms with van der Waals surface area (Å²) >= 11 is 4.97. The minimum atomic E-state index is -3.80. The van der Waals surface area contributed by atoms with Gasteiger partial charge in [0.05, 0.1) is 5.69 Å². The molecule has 112 valence electrons. The first kappa shape index (κ1) is 15.5. The van der Waals surface area contributed by atoms with Crippen LogP contribution in [0.15, 0.2) is 33.7 Å². The van der Waals surface area contributed by atoms with Crippen LogP contribution in [0.2, 0.25) is 0 Å². The van der Waals surface area contributed by atoms with Crippen molar-refractivity contribution in [3.05, 3.63) is 41.3 Å². The molecule has 0 unspecified atom stereocenters. The smallest absolute Gasteiger partial charge is 0.269 e. The molecule has 2 rings (SSSR count). The predicted molar refractivity (Wildman–Crippen MR) is 83.9 cm³/mol. The average molecular weight is 325 g/mol. The minimum absolute atomic E-state index is 0.0581. The summed E-state index contributed by atoms with van der Waals surface area (Å²) in [7, 11) is -2.36. The van der Waals surface area contributed by atoms with Crippen molar-refractivity contribution in [2.45, 2.75) is 18.7 Å². The highest BCUT2D eigenvalue weighted by molar-refractivity contribution is 7.93. The van der Waals surface area contributed by atoms with Crippen LogP contribution in [0.3, 0.4) is 0 Å². The Morgan fingerprint density at radius 1 is 1.33 bits per heavy atom. The van der Waals surface area contributed by atoms with Crippen molar-refractivity contribution in [2.75, 3.05) is 11.4 Å². The molecule has 0 aliphatic rings. The standard InChI is InChI=1S/C13H15N3O3S2/c1-8-12(9(2)19-15-8)21(17,18)16(3)11-7-5-4-6-10(11)13(14)20/h4-7H,1-3H3,(H2,14,20). The maximum Gasteiger partial charge on any atom is 0.269 e. The van der Waals surface area contributed by atoms with E-state index in [1.807, 2.05) is 0 Å². The Hall–Kier alpha value is -1.93. The van der Waals surface area contributed by atoms with Crippen molar-refractivity contribution < 1.29 is 12.9 Å². The fourth-order valence-electron chi connectivity index (χ4n) is 2.07. The van der Waals surface area contributed by atoms with E-state index in [4.69, 9.17) is 22.5 Å². The van der Waals surface area contributed by atoms with Gasteiger partial charge in [0.15, 0.2) is 10.7 Å². The van der Waals surface area contributed by atoms with E-state index in [0.29, 0.717) is 16.9 Å². The Morgan fingerprint density at radius 3 is 2.48 bits per heavy atom. The van der Waals surface area contributed by atoms with E-state index in [0.717, 1.165) is 4.31 Å². The normalized spacial score (nSPS) is 11.4. The molecule has 0 amide bonds. The molecule has 0 aliphatic carbocycles. The molecule has 2 N–H and O–H groups in total. The van der Waals surface area contributed by atoms with Gasteiger partial charge in [0, 0.05) is 12.6 Å². The number of nitrogens with zero attached hydrogens (tertiary/aromatic N) is 2. The fourth-order valence-corrected chi connectivity index (χ4v) is 3.74. The third kappa shape index (κ3) is 2.64. The van der Waals surface area contributed by atoms with Gasteiger partial charge >= 0.3 is 0 Å². The number of aryl methyl sites for hydroxylation is 2. The lowest BCUT2D eigenvalue weighted by Gasteiger charge is -2.21. The van der Waals surface area contributed by atoms with E-state index < -0.39 is 10.0 Å². The summed E-state index contributed by atoms with van der Waals surface area (Å²) in [5, 5.41) is 3.68. The lowest BCUT2D eigenvalue weighted by Crippen LogP contribution is -2.29. The van der Waals surface area contributed by atoms with Gasteiger partial charge in [-0.25, -0.2) is 8.42 Å². The van der Waals surface area contributed by atoms with Gasteiger partial charge in [-0.1, -0.05) is 29.5 Å². The minimum Gasteiger partial charge on any atom is -0.389 e. The summed E-state index contributed by atoms with van der Waals surface area (Å²) in [6, 6.07) is 6.78. The molecule has 6 nitrogen and oxygen atoms in total. The van der Waals surface area contributed by atoms with Gasteiger partial charge in [0.2, 0.25) is 0 Å². The summed E-state index contributed by atoms with van der Waals surface area (Å²) in [6.45, 7) is 3.14. The molecule has 0 saturated carbocycles. The number of nitrogens with two attached hydrogens (primary N) is 1. The molecule has 0 saturated heterocycles. The number of rotatable bonds is 4. The number of hydrogen-bond donors (Lipinski definition) is 1. The lowest BCUT2D eigenvalue weighted by atomic mass is 10.2. The van der Waals surface area contributed by atoms with Gasteiger partial charge in [-0.05, 0) is 26.0 Å². The first-order valence-corrected chi connectivity index (χ1v) is 7.92. The Kier molecular flexibility index (Phi) is 4.02. The van der Waals surface area contributed by atoms with Crippen molar-refractivity contribution in [1.82, 2.24) is 5.16 Å². The number of hydrogen-bond acceptors (Lipinski definition) is 5. The number of sulfonamides is 1. The van der Waals surface area contributed by atoms with E-state index in [1.165, 1.54) is 7.05 Å². The summed E-state index contributed by atoms with van der Waals surface area (Å²) < 4.78 is 31.6. The summed E-state index contributed by atoms with van der Waals surface area (Å²) in [5.41, 5.74) is 6.86. The first-order chi connectivity index (χ1) is 9.76. The first-order valence-electron chi connectivity index (χ1n) is 6.07. The summed E-state index contributed by atoms with van der Waals surface area (Å²) in [4.78, 5) is 0.189. The topological polar surface area (TPSA) is 89.4 Å². The summed E-state index contributed by atoms with van der Waals surface area (Å²) in [5.74, 6) is 0.243. The highest BCUT2D eigenvalue weighted by Gasteiger charge is 2.30. The van der Waals surface area contributed by atoms with Gasteiger partial charge in [-0.15, -0.1) is 0 Å². The fraction of sp³-hybridized carbons (Fsp3) is 0.231. The van der Waals surface area contributed by atoms with Crippen LogP contribution in [0.4, 0.5) is 5.69 Å². The van der Waals surface area contributed by atoms with Crippen LogP contribution in [0.5, 0.6) is 0 Å². The molecule has 0 spiro atoms. The number of benzene rings is 1. The summed E-state index contributed by atoms with van der Waals surface area (Å²) in [6.07, 6.45) is 0. The zero-order chi connectivity index (χ0) is 15.8. The van der Waals surface area contributed by atoms with Crippen molar-refractivity contribution >= 4 is 32.9 Å². The van der Waals surface area contributed by atoms with Crippen LogP contribution in [-0.4, -0.2) is 25.6 Å². The second-order valence-electron chi connectivity index (χ2n) is 4.51. The lowest BCUT2D eigenvalue weighted by molar-refractivity contribution is 0.390. The highest BCUT2D eigenvalue weighted by atomic mass is 32.2. The number of para-hydroxylation sites is 1. The Balaban J connectivity index is 2.60. The highest BCUT2D eigenvalue weighted by Crippen LogP contribution is 2.28. The van der Waals surface area contributed by atoms with E-state index in [9.17, 15) is 8.42 Å². The monoisotopic (exact) mass is 325 g/mol. The van der Waals surface area contributed by atoms with Crippen molar-refractivity contribution in [3.8, 4) is 0 Å². The number of anilines is 1. The molecule has 21 heavy (non-hydrogen) atoms. The SMILES string of the molecule is Cc1noc(C)c1S(=O)(=O)N(C)c1ccccc1C(N)=S. The molecule has 0 atom stereocenters. The predicted octanol–water partition coefficient (Wildman–Crippen LogP) is 1.75. The largest absolute Gasteiger partial charge is 0.389 e. The number of aromatic nitrogens is 1. The Labute approximate surface area is 128 Å². The third-order valence-corrected chi connectivity index (χ3v) is 5.33. The van der Waals surface area contributed by atoms with Gasteiger partial charge in [0.1, 0.15) is 10.7 Å². The average Bonchev–Trinajstić information content (AvgIpc) is 2.77. The second-order valence-corrected chi connectivity index (χ2v) is 6.85. The molecule has 8 heteroatoms. The maximum absolute atomic E-state index is 12.8. The van der Waals surface area contributed by atoms with Crippen LogP contribution in [-0.2, 0) is 10.0 Å². The molecule has 0 fully saturated rings. The van der Waals surface area contributed by atoms with Gasteiger partial charge < -0.3 is 10.3 Å². The van der Waals surface area contributed by atoms with E-state index >= 15 is 0 Å². The van der Waals surface area contributed by atoms with Gasteiger partial charge in [0.25, 0.3) is 10.0 Å². The zero-order valence-corrected chi connectivity index (χ0v) is 13.5. The molecule has 0 bridgehead atoms. The molecule has 1 aromatic heterocycles. The zero-order valence-electron chi connectivity index (χ0n) is 11.8. The molecule has 0 aliphatic heterocycles. The molecular formula is C13H15N3O3S2. The van der Waals surface area contributed by atoms with Crippen LogP contribution >= 0.6 is 12.2 Å². The van der Waals surface area contributed by atoms with Crippen LogP contribution < -0.4 is 10.0 Å². The molecular weight excluding hydrogens is 310 g/mol. The molecule has 1 aromatic carbocycles. The number of thiocarbonyl (C=S) groups is 1. The quantitative estimate of drug-likeness (QED) is 0.862. The van der Waals surface area contributed by atoms with E-state index in [2.05, 4.69) is 5.16 Å². The van der Waals surface area contributed by atoms with Crippen LogP contribution in [0, 0.1) is 13.8 Å². The molecule has 1 heterocycles. The van der Waals surface area contributed by atoms with Crippen molar-refractivity contribution in [1.29, 1.82) is 0 Å². The van der Waals surface area contributed by atoms with Gasteiger partial charge in [-0.2, -0.15) is 0 Å². The van der Waals surface area contributed by atoms with E-state index in [1.54, 1.807) is 38.1 Å². The third-order valence-electron chi connectivity index (χ3n) is 3.10. The maximum atomic E-state index is 12.8. The van der Waals surface area contributed by atoms with Crippen LogP contribution in [0.25, 0.3) is 0 Å². The van der Waals surface area contributed by atoms with Crippen molar-refractivity contribution in [3.63, 3.8) is 0 Å². The van der Waals surface area contributed by atoms with E-state index in [-0.39, 0.29) is 15.6 Å². The van der Waals surface area contributed by atoms with Crippen molar-refractivity contribution in [2.24, 2.45) is 5.73 Å². The van der Waals surface area contributed by atoms with Crippen LogP contribution in [0.1, 0.15) is 17.0 Å². The Bertz CT molecular complexity index is 777. The molecule has 0 radical (unpaired) electrons. The Morgan fingerprint density at radius 2 is 1.95 bits per heavy atom.